The second kappa shape index (κ2) is 4.90. The third-order valence-electron chi connectivity index (χ3n) is 2.34. The number of hydrogen-bond donors (Lipinski definition) is 7. The summed E-state index contributed by atoms with van der Waals surface area (Å²) in [4.78, 5) is 0. The molecule has 0 aromatic carbocycles. The molecule has 1 aliphatic heterocycles. The summed E-state index contributed by atoms with van der Waals surface area (Å²) in [6.07, 6.45) is -5.63. The molecular formula is C8H17NO7. The van der Waals surface area contributed by atoms with Gasteiger partial charge in [-0.15, -0.1) is 0 Å². The molecule has 1 rings (SSSR count). The van der Waals surface area contributed by atoms with E-state index in [9.17, 15) is 15.3 Å². The van der Waals surface area contributed by atoms with Crippen LogP contribution in [-0.2, 0) is 4.74 Å². The minimum absolute atomic E-state index is 0.572. The van der Waals surface area contributed by atoms with Gasteiger partial charge in [0.05, 0.1) is 12.6 Å². The number of rotatable bonds is 3. The van der Waals surface area contributed by atoms with Crippen molar-refractivity contribution in [3.8, 4) is 0 Å². The van der Waals surface area contributed by atoms with Gasteiger partial charge in [0.25, 0.3) is 0 Å². The smallest absolute Gasteiger partial charge is 0.219 e. The topological polar surface area (TPSA) is 143 Å². The van der Waals surface area contributed by atoms with Crippen LogP contribution in [0.2, 0.25) is 0 Å². The van der Waals surface area contributed by atoms with Crippen molar-refractivity contribution in [2.24, 2.45) is 0 Å². The average Bonchev–Trinajstić information content (AvgIpc) is 2.17. The Morgan fingerprint density at radius 2 is 1.75 bits per heavy atom. The standard InChI is InChI=1S/C8H17NO7/c1-8(14,15)9-4-6(12)5(11)3(2-10)16-7(4)13/h3-7,9-15H,2H2,1H3/t3?,4?,5-,6+,7?/m0/s1. The maximum Gasteiger partial charge on any atom is 0.219 e. The summed E-state index contributed by atoms with van der Waals surface area (Å²) in [5.74, 6) is -2.33. The van der Waals surface area contributed by atoms with Gasteiger partial charge in [-0.1, -0.05) is 0 Å². The Bertz CT molecular complexity index is 231. The van der Waals surface area contributed by atoms with Crippen molar-refractivity contribution < 1.29 is 35.4 Å². The summed E-state index contributed by atoms with van der Waals surface area (Å²) >= 11 is 0. The van der Waals surface area contributed by atoms with E-state index >= 15 is 0 Å². The molecule has 8 heteroatoms. The summed E-state index contributed by atoms with van der Waals surface area (Å²) in [5, 5.41) is 57.5. The molecule has 5 atom stereocenters. The first-order chi connectivity index (χ1) is 7.26. The predicted octanol–water partition coefficient (Wildman–Crippen LogP) is -3.97. The zero-order valence-corrected chi connectivity index (χ0v) is 8.69. The molecule has 0 radical (unpaired) electrons. The van der Waals surface area contributed by atoms with E-state index in [1.807, 2.05) is 0 Å². The molecule has 0 amide bonds. The molecule has 0 spiro atoms. The van der Waals surface area contributed by atoms with Crippen molar-refractivity contribution in [2.75, 3.05) is 6.61 Å². The molecule has 1 heterocycles. The Hall–Kier alpha value is -0.320. The molecule has 0 saturated carbocycles. The zero-order valence-electron chi connectivity index (χ0n) is 8.69. The van der Waals surface area contributed by atoms with Gasteiger partial charge in [0.2, 0.25) is 5.91 Å². The molecule has 0 aromatic rings. The molecule has 3 unspecified atom stereocenters. The van der Waals surface area contributed by atoms with E-state index in [2.05, 4.69) is 5.32 Å². The van der Waals surface area contributed by atoms with Gasteiger partial charge in [0, 0.05) is 6.92 Å². The molecule has 0 aromatic heterocycles. The first-order valence-corrected chi connectivity index (χ1v) is 4.79. The van der Waals surface area contributed by atoms with E-state index in [0.29, 0.717) is 0 Å². The Balaban J connectivity index is 2.72. The van der Waals surface area contributed by atoms with Crippen molar-refractivity contribution in [3.05, 3.63) is 0 Å². The maximum absolute atomic E-state index is 9.59. The zero-order chi connectivity index (χ0) is 12.5. The Labute approximate surface area is 91.7 Å². The van der Waals surface area contributed by atoms with Crippen molar-refractivity contribution in [2.45, 2.75) is 43.5 Å². The van der Waals surface area contributed by atoms with E-state index in [4.69, 9.17) is 20.1 Å². The van der Waals surface area contributed by atoms with E-state index in [1.165, 1.54) is 0 Å². The van der Waals surface area contributed by atoms with Crippen LogP contribution < -0.4 is 5.32 Å². The van der Waals surface area contributed by atoms with E-state index in [0.717, 1.165) is 6.92 Å². The van der Waals surface area contributed by atoms with Gasteiger partial charge < -0.3 is 35.4 Å². The third-order valence-corrected chi connectivity index (χ3v) is 2.34. The van der Waals surface area contributed by atoms with E-state index in [1.54, 1.807) is 0 Å². The molecule has 1 fully saturated rings. The quantitative estimate of drug-likeness (QED) is 0.247. The summed E-state index contributed by atoms with van der Waals surface area (Å²) in [6.45, 7) is 0.411. The average molecular weight is 239 g/mol. The highest BCUT2D eigenvalue weighted by molar-refractivity contribution is 4.93. The van der Waals surface area contributed by atoms with Crippen molar-refractivity contribution >= 4 is 0 Å². The monoisotopic (exact) mass is 239 g/mol. The minimum atomic E-state index is -2.33. The molecule has 8 nitrogen and oxygen atoms in total. The van der Waals surface area contributed by atoms with Crippen LogP contribution in [0.5, 0.6) is 0 Å². The fourth-order valence-corrected chi connectivity index (χ4v) is 1.57. The van der Waals surface area contributed by atoms with Crippen LogP contribution in [-0.4, -0.2) is 73.8 Å². The van der Waals surface area contributed by atoms with Gasteiger partial charge in [-0.25, -0.2) is 0 Å². The minimum Gasteiger partial charge on any atom is -0.394 e. The number of ether oxygens (including phenoxy) is 1. The SMILES string of the molecule is CC(O)(O)NC1C(O)OC(CO)[C@H](O)[C@@H]1O. The highest BCUT2D eigenvalue weighted by Gasteiger charge is 2.45. The molecule has 7 N–H and O–H groups in total. The lowest BCUT2D eigenvalue weighted by Gasteiger charge is -2.42. The lowest BCUT2D eigenvalue weighted by Crippen LogP contribution is -2.66. The Morgan fingerprint density at radius 3 is 2.19 bits per heavy atom. The summed E-state index contributed by atoms with van der Waals surface area (Å²) in [5.41, 5.74) is 0. The van der Waals surface area contributed by atoms with E-state index in [-0.39, 0.29) is 0 Å². The predicted molar refractivity (Wildman–Crippen MR) is 49.7 cm³/mol. The molecule has 1 aliphatic rings. The van der Waals surface area contributed by atoms with Crippen LogP contribution in [0.15, 0.2) is 0 Å². The van der Waals surface area contributed by atoms with Crippen LogP contribution >= 0.6 is 0 Å². The largest absolute Gasteiger partial charge is 0.394 e. The molecule has 16 heavy (non-hydrogen) atoms. The second-order valence-electron chi connectivity index (χ2n) is 3.92. The third kappa shape index (κ3) is 3.09. The fraction of sp³-hybridized carbons (Fsp3) is 1.00. The van der Waals surface area contributed by atoms with Crippen LogP contribution in [0.4, 0.5) is 0 Å². The molecule has 0 aliphatic carbocycles. The molecule has 1 saturated heterocycles. The number of hydrogen-bond acceptors (Lipinski definition) is 8. The Kier molecular flexibility index (Phi) is 4.21. The summed E-state index contributed by atoms with van der Waals surface area (Å²) in [7, 11) is 0. The van der Waals surface area contributed by atoms with Gasteiger partial charge in [-0.2, -0.15) is 0 Å². The molecule has 96 valence electrons. The number of aliphatic hydroxyl groups excluding tert-OH is 4. The highest BCUT2D eigenvalue weighted by Crippen LogP contribution is 2.20. The fourth-order valence-electron chi connectivity index (χ4n) is 1.57. The second-order valence-corrected chi connectivity index (χ2v) is 3.92. The van der Waals surface area contributed by atoms with Crippen molar-refractivity contribution in [1.82, 2.24) is 5.32 Å². The molecular weight excluding hydrogens is 222 g/mol. The summed E-state index contributed by atoms with van der Waals surface area (Å²) < 4.78 is 4.79. The van der Waals surface area contributed by atoms with Gasteiger partial charge in [0.15, 0.2) is 6.29 Å². The number of nitrogens with one attached hydrogen (secondary N) is 1. The lowest BCUT2D eigenvalue weighted by molar-refractivity contribution is -0.277. The molecule has 0 bridgehead atoms. The first kappa shape index (κ1) is 13.7. The number of aliphatic hydroxyl groups is 6. The maximum atomic E-state index is 9.59. The van der Waals surface area contributed by atoms with Crippen LogP contribution in [0.1, 0.15) is 6.92 Å². The highest BCUT2D eigenvalue weighted by atomic mass is 16.6. The van der Waals surface area contributed by atoms with Crippen molar-refractivity contribution in [3.63, 3.8) is 0 Å². The van der Waals surface area contributed by atoms with Gasteiger partial charge in [0.1, 0.15) is 18.3 Å². The van der Waals surface area contributed by atoms with E-state index < -0.39 is 43.2 Å². The van der Waals surface area contributed by atoms with Gasteiger partial charge >= 0.3 is 0 Å². The van der Waals surface area contributed by atoms with Gasteiger partial charge in [-0.3, -0.25) is 5.32 Å². The van der Waals surface area contributed by atoms with Gasteiger partial charge in [-0.05, 0) is 0 Å². The van der Waals surface area contributed by atoms with Crippen LogP contribution in [0, 0.1) is 0 Å². The van der Waals surface area contributed by atoms with Crippen LogP contribution in [0.25, 0.3) is 0 Å². The lowest BCUT2D eigenvalue weighted by atomic mass is 9.97. The normalized spacial score (nSPS) is 41.1. The van der Waals surface area contributed by atoms with Crippen molar-refractivity contribution in [1.29, 1.82) is 0 Å². The first-order valence-electron chi connectivity index (χ1n) is 4.79. The summed E-state index contributed by atoms with van der Waals surface area (Å²) in [6, 6.07) is -1.28. The van der Waals surface area contributed by atoms with Crippen LogP contribution in [0.3, 0.4) is 0 Å². The Morgan fingerprint density at radius 1 is 1.19 bits per heavy atom.